The zero-order chi connectivity index (χ0) is 15.4. The van der Waals surface area contributed by atoms with Gasteiger partial charge in [-0.2, -0.15) is 0 Å². The molecule has 1 aromatic rings. The third-order valence-electron chi connectivity index (χ3n) is 3.00. The third-order valence-corrected chi connectivity index (χ3v) is 4.95. The lowest BCUT2D eigenvalue weighted by Gasteiger charge is -2.23. The number of methoxy groups -OCH3 is 1. The Morgan fingerprint density at radius 1 is 1.45 bits per heavy atom. The van der Waals surface area contributed by atoms with E-state index in [0.29, 0.717) is 23.6 Å². The number of benzene rings is 1. The Labute approximate surface area is 125 Å². The Kier molecular flexibility index (Phi) is 5.97. The van der Waals surface area contributed by atoms with Gasteiger partial charge in [0, 0.05) is 31.7 Å². The van der Waals surface area contributed by atoms with Crippen LogP contribution < -0.4 is 4.72 Å². The lowest BCUT2D eigenvalue weighted by atomic mass is 10.0. The van der Waals surface area contributed by atoms with Gasteiger partial charge in [0.25, 0.3) is 0 Å². The van der Waals surface area contributed by atoms with Crippen LogP contribution in [0.3, 0.4) is 0 Å². The van der Waals surface area contributed by atoms with E-state index in [2.05, 4.69) is 4.72 Å². The maximum absolute atomic E-state index is 12.2. The van der Waals surface area contributed by atoms with Gasteiger partial charge in [0.1, 0.15) is 0 Å². The first-order chi connectivity index (χ1) is 9.19. The fourth-order valence-corrected chi connectivity index (χ4v) is 3.28. The molecule has 0 saturated heterocycles. The fourth-order valence-electron chi connectivity index (χ4n) is 1.62. The van der Waals surface area contributed by atoms with E-state index < -0.39 is 15.6 Å². The highest BCUT2D eigenvalue weighted by atomic mass is 35.5. The molecular formula is C13H20ClNO4S. The van der Waals surface area contributed by atoms with Crippen molar-refractivity contribution in [3.63, 3.8) is 0 Å². The number of hydrogen-bond donors (Lipinski definition) is 2. The quantitative estimate of drug-likeness (QED) is 0.801. The molecule has 1 aromatic carbocycles. The fraction of sp³-hybridized carbons (Fsp3) is 0.538. The van der Waals surface area contributed by atoms with Gasteiger partial charge in [0.2, 0.25) is 10.0 Å². The second-order valence-corrected chi connectivity index (χ2v) is 7.07. The highest BCUT2D eigenvalue weighted by molar-refractivity contribution is 7.89. The van der Waals surface area contributed by atoms with Crippen LogP contribution >= 0.6 is 11.6 Å². The molecule has 114 valence electrons. The van der Waals surface area contributed by atoms with E-state index in [1.54, 1.807) is 26.0 Å². The predicted molar refractivity (Wildman–Crippen MR) is 78.5 cm³/mol. The molecule has 1 rings (SSSR count). The van der Waals surface area contributed by atoms with Crippen molar-refractivity contribution in [2.45, 2.75) is 30.8 Å². The number of halogens is 1. The molecule has 0 aliphatic heterocycles. The van der Waals surface area contributed by atoms with Gasteiger partial charge >= 0.3 is 0 Å². The Balaban J connectivity index is 2.83. The Morgan fingerprint density at radius 2 is 2.10 bits per heavy atom. The lowest BCUT2D eigenvalue weighted by Crippen LogP contribution is -2.41. The molecule has 0 spiro atoms. The molecule has 0 heterocycles. The minimum atomic E-state index is -3.71. The van der Waals surface area contributed by atoms with Crippen molar-refractivity contribution in [3.8, 4) is 0 Å². The molecule has 7 heteroatoms. The van der Waals surface area contributed by atoms with Crippen molar-refractivity contribution in [2.75, 3.05) is 20.3 Å². The number of sulfonamides is 1. The first kappa shape index (κ1) is 17.4. The largest absolute Gasteiger partial charge is 0.389 e. The second kappa shape index (κ2) is 6.87. The summed E-state index contributed by atoms with van der Waals surface area (Å²) in [6.07, 6.45) is 0.334. The van der Waals surface area contributed by atoms with Crippen molar-refractivity contribution in [2.24, 2.45) is 0 Å². The van der Waals surface area contributed by atoms with Crippen LogP contribution in [0.1, 0.15) is 18.9 Å². The van der Waals surface area contributed by atoms with E-state index in [4.69, 9.17) is 16.3 Å². The van der Waals surface area contributed by atoms with Crippen LogP contribution in [-0.4, -0.2) is 39.4 Å². The van der Waals surface area contributed by atoms with Crippen LogP contribution in [0.4, 0.5) is 0 Å². The standard InChI is InChI=1S/C13H20ClNO4S/c1-10-11(14)5-4-6-12(10)20(17,18)15-9-13(2,16)7-8-19-3/h4-6,15-16H,7-9H2,1-3H3. The smallest absolute Gasteiger partial charge is 0.240 e. The van der Waals surface area contributed by atoms with Gasteiger partial charge in [-0.05, 0) is 31.5 Å². The Hall–Kier alpha value is -0.660. The van der Waals surface area contributed by atoms with Crippen LogP contribution in [0.5, 0.6) is 0 Å². The maximum atomic E-state index is 12.2. The van der Waals surface area contributed by atoms with E-state index in [9.17, 15) is 13.5 Å². The molecule has 0 bridgehead atoms. The Bertz CT molecular complexity index is 557. The minimum Gasteiger partial charge on any atom is -0.389 e. The van der Waals surface area contributed by atoms with Gasteiger partial charge in [-0.15, -0.1) is 0 Å². The van der Waals surface area contributed by atoms with E-state index in [1.807, 2.05) is 0 Å². The SMILES string of the molecule is COCCC(C)(O)CNS(=O)(=O)c1cccc(Cl)c1C. The van der Waals surface area contributed by atoms with Gasteiger partial charge in [0.05, 0.1) is 10.5 Å². The summed E-state index contributed by atoms with van der Waals surface area (Å²) < 4.78 is 31.7. The summed E-state index contributed by atoms with van der Waals surface area (Å²) >= 11 is 5.92. The van der Waals surface area contributed by atoms with E-state index in [1.165, 1.54) is 13.2 Å². The molecule has 0 aliphatic carbocycles. The van der Waals surface area contributed by atoms with Crippen LogP contribution in [-0.2, 0) is 14.8 Å². The monoisotopic (exact) mass is 321 g/mol. The maximum Gasteiger partial charge on any atom is 0.240 e. The van der Waals surface area contributed by atoms with Crippen LogP contribution in [0, 0.1) is 6.92 Å². The Morgan fingerprint density at radius 3 is 2.70 bits per heavy atom. The molecule has 2 N–H and O–H groups in total. The van der Waals surface area contributed by atoms with E-state index in [0.717, 1.165) is 0 Å². The molecule has 0 aliphatic rings. The molecule has 5 nitrogen and oxygen atoms in total. The molecule has 0 saturated carbocycles. The van der Waals surface area contributed by atoms with E-state index in [-0.39, 0.29) is 11.4 Å². The molecule has 0 fully saturated rings. The number of aliphatic hydroxyl groups is 1. The minimum absolute atomic E-state index is 0.0926. The topological polar surface area (TPSA) is 75.6 Å². The van der Waals surface area contributed by atoms with Crippen LogP contribution in [0.25, 0.3) is 0 Å². The van der Waals surface area contributed by atoms with Gasteiger partial charge in [0.15, 0.2) is 0 Å². The van der Waals surface area contributed by atoms with Crippen molar-refractivity contribution in [3.05, 3.63) is 28.8 Å². The van der Waals surface area contributed by atoms with Gasteiger partial charge in [-0.25, -0.2) is 13.1 Å². The highest BCUT2D eigenvalue weighted by Gasteiger charge is 2.25. The highest BCUT2D eigenvalue weighted by Crippen LogP contribution is 2.22. The summed E-state index contributed by atoms with van der Waals surface area (Å²) in [5, 5.41) is 10.4. The summed E-state index contributed by atoms with van der Waals surface area (Å²) in [4.78, 5) is 0.118. The van der Waals surface area contributed by atoms with Crippen molar-refractivity contribution in [1.29, 1.82) is 0 Å². The summed E-state index contributed by atoms with van der Waals surface area (Å²) in [6, 6.07) is 4.69. The molecule has 0 amide bonds. The number of ether oxygens (including phenoxy) is 1. The van der Waals surface area contributed by atoms with Crippen molar-refractivity contribution >= 4 is 21.6 Å². The average Bonchev–Trinajstić information content (AvgIpc) is 2.37. The second-order valence-electron chi connectivity index (χ2n) is 4.93. The summed E-state index contributed by atoms with van der Waals surface area (Å²) in [5.41, 5.74) is -0.687. The number of hydrogen-bond acceptors (Lipinski definition) is 4. The third kappa shape index (κ3) is 4.71. The van der Waals surface area contributed by atoms with Crippen molar-refractivity contribution < 1.29 is 18.3 Å². The predicted octanol–water partition coefficient (Wildman–Crippen LogP) is 1.71. The lowest BCUT2D eigenvalue weighted by molar-refractivity contribution is 0.0292. The van der Waals surface area contributed by atoms with Gasteiger partial charge in [-0.1, -0.05) is 17.7 Å². The van der Waals surface area contributed by atoms with Gasteiger partial charge < -0.3 is 9.84 Å². The molecular weight excluding hydrogens is 302 g/mol. The molecule has 0 radical (unpaired) electrons. The molecule has 1 unspecified atom stereocenters. The van der Waals surface area contributed by atoms with E-state index >= 15 is 0 Å². The summed E-state index contributed by atoms with van der Waals surface area (Å²) in [7, 11) is -2.18. The first-order valence-electron chi connectivity index (χ1n) is 6.16. The number of rotatable bonds is 7. The number of nitrogens with one attached hydrogen (secondary N) is 1. The molecule has 1 atom stereocenters. The molecule has 0 aromatic heterocycles. The van der Waals surface area contributed by atoms with Gasteiger partial charge in [-0.3, -0.25) is 0 Å². The van der Waals surface area contributed by atoms with Crippen LogP contribution in [0.2, 0.25) is 5.02 Å². The summed E-state index contributed by atoms with van der Waals surface area (Å²) in [6.45, 7) is 3.45. The first-order valence-corrected chi connectivity index (χ1v) is 8.02. The zero-order valence-corrected chi connectivity index (χ0v) is 13.4. The average molecular weight is 322 g/mol. The summed E-state index contributed by atoms with van der Waals surface area (Å²) in [5.74, 6) is 0. The zero-order valence-electron chi connectivity index (χ0n) is 11.8. The van der Waals surface area contributed by atoms with Crippen molar-refractivity contribution in [1.82, 2.24) is 4.72 Å². The normalized spacial score (nSPS) is 15.1. The molecule has 20 heavy (non-hydrogen) atoms. The van der Waals surface area contributed by atoms with Crippen LogP contribution in [0.15, 0.2) is 23.1 Å².